The molecule has 0 aromatic carbocycles. The average molecular weight is 493 g/mol. The number of nitrogens with zero attached hydrogens (tertiary/aromatic N) is 2. The molecule has 3 rings (SSSR count). The maximum Gasteiger partial charge on any atom is 0.486 e. The Kier molecular flexibility index (Phi) is 6.45. The highest BCUT2D eigenvalue weighted by atomic mass is 31.3. The molecule has 19 heteroatoms. The van der Waals surface area contributed by atoms with Gasteiger partial charge in [0.05, 0.1) is 13.2 Å². The van der Waals surface area contributed by atoms with E-state index in [2.05, 4.69) is 13.6 Å². The van der Waals surface area contributed by atoms with E-state index in [1.54, 1.807) is 0 Å². The van der Waals surface area contributed by atoms with Gasteiger partial charge in [0, 0.05) is 11.8 Å². The molecule has 170 valence electrons. The summed E-state index contributed by atoms with van der Waals surface area (Å²) in [5, 5.41) is 29.6. The van der Waals surface area contributed by atoms with E-state index in [4.69, 9.17) is 15.0 Å². The molecular formula is C11H18N3O13P3. The summed E-state index contributed by atoms with van der Waals surface area (Å²) in [6, 6.07) is 0. The van der Waals surface area contributed by atoms with Crippen molar-refractivity contribution < 1.29 is 56.7 Å². The van der Waals surface area contributed by atoms with Gasteiger partial charge in [0.15, 0.2) is 12.1 Å². The lowest BCUT2D eigenvalue weighted by Crippen LogP contribution is -2.36. The highest BCUT2D eigenvalue weighted by molar-refractivity contribution is 7.81. The van der Waals surface area contributed by atoms with E-state index in [1.165, 1.54) is 0 Å². The Bertz CT molecular complexity index is 1000. The molecule has 1 aromatic rings. The summed E-state index contributed by atoms with van der Waals surface area (Å²) >= 11 is 0. The lowest BCUT2D eigenvalue weighted by Gasteiger charge is -2.28. The van der Waals surface area contributed by atoms with Gasteiger partial charge in [-0.15, -0.1) is 0 Å². The number of rotatable bonds is 5. The van der Waals surface area contributed by atoms with Gasteiger partial charge in [-0.2, -0.15) is 4.98 Å². The second-order valence-electron chi connectivity index (χ2n) is 6.36. The van der Waals surface area contributed by atoms with Gasteiger partial charge in [-0.05, 0) is 0 Å². The molecule has 1 aromatic heterocycles. The molecule has 0 bridgehead atoms. The average Bonchev–Trinajstić information content (AvgIpc) is 2.85. The van der Waals surface area contributed by atoms with Gasteiger partial charge in [0.2, 0.25) is 0 Å². The number of phosphoric acid groups is 1. The van der Waals surface area contributed by atoms with Gasteiger partial charge in [0.1, 0.15) is 24.1 Å². The third kappa shape index (κ3) is 4.91. The van der Waals surface area contributed by atoms with Crippen LogP contribution in [0.4, 0.5) is 5.82 Å². The number of aliphatic hydroxyl groups is 3. The highest BCUT2D eigenvalue weighted by Gasteiger charge is 2.53. The van der Waals surface area contributed by atoms with E-state index in [0.717, 1.165) is 10.8 Å². The van der Waals surface area contributed by atoms with Crippen molar-refractivity contribution in [1.82, 2.24) is 9.55 Å². The maximum atomic E-state index is 12.4. The maximum absolute atomic E-state index is 12.4. The lowest BCUT2D eigenvalue weighted by atomic mass is 10.1. The van der Waals surface area contributed by atoms with Crippen LogP contribution in [0.1, 0.15) is 11.8 Å². The van der Waals surface area contributed by atoms with Crippen molar-refractivity contribution in [2.75, 3.05) is 18.2 Å². The Morgan fingerprint density at radius 3 is 2.50 bits per heavy atom. The molecule has 16 nitrogen and oxygen atoms in total. The molecule has 0 saturated carbocycles. The highest BCUT2D eigenvalue weighted by Crippen LogP contribution is 2.78. The number of ether oxygens (including phenoxy) is 1. The molecule has 0 radical (unpaired) electrons. The Labute approximate surface area is 167 Å². The standard InChI is InChI=1S/C11H18N3O13P3/c12-9-5(2-15)1-14(11(18)13-9)10-8(17)7(16)6(25-10)3-24-29(21)4-28(19,20)26-30(22,23)27-29/h1,6-8,10,15-17H,2-4H2,(H,19,20)(H,22,23)(H2,12,13,18)/t6-,7?,8+,10-,29?/m1/s1. The fourth-order valence-electron chi connectivity index (χ4n) is 2.78. The van der Waals surface area contributed by atoms with Crippen LogP contribution < -0.4 is 11.4 Å². The number of aliphatic hydroxyl groups excluding tert-OH is 3. The summed E-state index contributed by atoms with van der Waals surface area (Å²) in [5.41, 5.74) is 4.55. The molecule has 2 aliphatic heterocycles. The Morgan fingerprint density at radius 2 is 1.90 bits per heavy atom. The SMILES string of the molecule is Nc1nc(=O)n([C@@H]2O[C@H](COP3(=O)CP(=O)(O)OP(=O)(O)O3)C(O)[C@@H]2O)cc1CO. The minimum Gasteiger partial charge on any atom is -0.391 e. The minimum absolute atomic E-state index is 0.0389. The van der Waals surface area contributed by atoms with Crippen LogP contribution in [0.5, 0.6) is 0 Å². The van der Waals surface area contributed by atoms with E-state index in [-0.39, 0.29) is 11.4 Å². The van der Waals surface area contributed by atoms with E-state index >= 15 is 0 Å². The normalized spacial score (nSPS) is 41.8. The number of hydrogen-bond acceptors (Lipinski definition) is 13. The van der Waals surface area contributed by atoms with Crippen molar-refractivity contribution in [2.24, 2.45) is 0 Å². The molecule has 7 N–H and O–H groups in total. The predicted octanol–water partition coefficient (Wildman–Crippen LogP) is -1.56. The molecule has 2 fully saturated rings. The molecule has 7 atom stereocenters. The molecule has 2 aliphatic rings. The van der Waals surface area contributed by atoms with E-state index in [0.29, 0.717) is 0 Å². The number of anilines is 1. The van der Waals surface area contributed by atoms with Crippen LogP contribution in [-0.2, 0) is 38.2 Å². The first-order valence-corrected chi connectivity index (χ1v) is 13.1. The summed E-state index contributed by atoms with van der Waals surface area (Å²) in [6.07, 6.45) is -5.31. The largest absolute Gasteiger partial charge is 0.486 e. The second kappa shape index (κ2) is 8.17. The first-order chi connectivity index (χ1) is 13.8. The summed E-state index contributed by atoms with van der Waals surface area (Å²) in [6.45, 7) is -1.40. The molecule has 30 heavy (non-hydrogen) atoms. The number of aromatic nitrogens is 2. The van der Waals surface area contributed by atoms with Crippen LogP contribution in [0.3, 0.4) is 0 Å². The van der Waals surface area contributed by atoms with Crippen molar-refractivity contribution in [3.05, 3.63) is 22.2 Å². The summed E-state index contributed by atoms with van der Waals surface area (Å²) in [4.78, 5) is 34.2. The van der Waals surface area contributed by atoms with Crippen molar-refractivity contribution in [3.63, 3.8) is 0 Å². The van der Waals surface area contributed by atoms with E-state index in [9.17, 15) is 43.6 Å². The summed E-state index contributed by atoms with van der Waals surface area (Å²) in [5.74, 6) is -1.48. The van der Waals surface area contributed by atoms with Gasteiger partial charge in [0.25, 0.3) is 0 Å². The molecule has 0 amide bonds. The van der Waals surface area contributed by atoms with Crippen molar-refractivity contribution in [3.8, 4) is 0 Å². The van der Waals surface area contributed by atoms with Gasteiger partial charge >= 0.3 is 28.7 Å². The third-order valence-corrected chi connectivity index (χ3v) is 11.1. The Balaban J connectivity index is 1.77. The number of nitrogens with two attached hydrogens (primary N) is 1. The molecule has 3 heterocycles. The fraction of sp³-hybridized carbons (Fsp3) is 0.636. The van der Waals surface area contributed by atoms with Gasteiger partial charge < -0.3 is 40.1 Å². The van der Waals surface area contributed by atoms with Crippen LogP contribution >= 0.6 is 23.0 Å². The molecule has 2 saturated heterocycles. The van der Waals surface area contributed by atoms with Crippen molar-refractivity contribution in [1.29, 1.82) is 0 Å². The second-order valence-corrected chi connectivity index (χ2v) is 12.5. The van der Waals surface area contributed by atoms with E-state index < -0.39 is 72.4 Å². The van der Waals surface area contributed by atoms with Crippen LogP contribution in [-0.4, -0.2) is 65.5 Å². The smallest absolute Gasteiger partial charge is 0.391 e. The topological polar surface area (TPSA) is 250 Å². The van der Waals surface area contributed by atoms with Gasteiger partial charge in [-0.3, -0.25) is 13.7 Å². The van der Waals surface area contributed by atoms with E-state index in [1.807, 2.05) is 0 Å². The van der Waals surface area contributed by atoms with Gasteiger partial charge in [-0.25, -0.2) is 18.0 Å². The predicted molar refractivity (Wildman–Crippen MR) is 95.0 cm³/mol. The summed E-state index contributed by atoms with van der Waals surface area (Å²) < 4.78 is 54.7. The van der Waals surface area contributed by atoms with Crippen LogP contribution in [0.15, 0.2) is 11.0 Å². The fourth-order valence-corrected chi connectivity index (χ4v) is 9.70. The lowest BCUT2D eigenvalue weighted by molar-refractivity contribution is -0.0525. The zero-order valence-corrected chi connectivity index (χ0v) is 17.5. The monoisotopic (exact) mass is 493 g/mol. The first-order valence-electron chi connectivity index (χ1n) is 8.07. The third-order valence-electron chi connectivity index (χ3n) is 4.09. The van der Waals surface area contributed by atoms with Crippen LogP contribution in [0, 0.1) is 0 Å². The van der Waals surface area contributed by atoms with Gasteiger partial charge in [-0.1, -0.05) is 0 Å². The minimum atomic E-state index is -5.14. The molecule has 0 spiro atoms. The zero-order valence-electron chi connectivity index (χ0n) is 14.8. The van der Waals surface area contributed by atoms with Crippen LogP contribution in [0.25, 0.3) is 0 Å². The molecule has 4 unspecified atom stereocenters. The quantitative estimate of drug-likeness (QED) is 0.254. The number of nitrogen functional groups attached to an aromatic ring is 1. The first kappa shape index (κ1) is 23.7. The zero-order chi connectivity index (χ0) is 22.5. The van der Waals surface area contributed by atoms with Crippen molar-refractivity contribution >= 4 is 28.8 Å². The Hall–Kier alpha value is -0.990. The van der Waals surface area contributed by atoms with Crippen molar-refractivity contribution in [2.45, 2.75) is 31.1 Å². The number of hydrogen-bond donors (Lipinski definition) is 6. The Morgan fingerprint density at radius 1 is 1.23 bits per heavy atom. The summed E-state index contributed by atoms with van der Waals surface area (Å²) in [7, 11) is -14.5. The molecule has 0 aliphatic carbocycles. The van der Waals surface area contributed by atoms with Crippen LogP contribution in [0.2, 0.25) is 0 Å². The molecular weight excluding hydrogens is 475 g/mol.